The Hall–Kier alpha value is -1.49. The van der Waals surface area contributed by atoms with Gasteiger partial charge in [0, 0.05) is 6.42 Å². The number of para-hydroxylation sites is 1. The predicted molar refractivity (Wildman–Crippen MR) is 62.6 cm³/mol. The lowest BCUT2D eigenvalue weighted by atomic mass is 10.3. The zero-order chi connectivity index (χ0) is 12.8. The van der Waals surface area contributed by atoms with Crippen molar-refractivity contribution < 1.29 is 17.9 Å². The van der Waals surface area contributed by atoms with Crippen molar-refractivity contribution >= 4 is 17.5 Å². The molecule has 0 N–H and O–H groups in total. The lowest BCUT2D eigenvalue weighted by Crippen LogP contribution is -2.04. The highest BCUT2D eigenvalue weighted by atomic mass is 32.1. The Balaban J connectivity index is 0. The molecule has 0 heterocycles. The van der Waals surface area contributed by atoms with Gasteiger partial charge in [-0.2, -0.15) is 8.42 Å². The second-order valence-electron chi connectivity index (χ2n) is 2.21. The van der Waals surface area contributed by atoms with Crippen LogP contribution in [0.2, 0.25) is 0 Å². The molecule has 1 aromatic rings. The van der Waals surface area contributed by atoms with Crippen molar-refractivity contribution in [1.29, 1.82) is 0 Å². The molecule has 5 heteroatoms. The van der Waals surface area contributed by atoms with Crippen LogP contribution in [0.15, 0.2) is 30.3 Å². The van der Waals surface area contributed by atoms with Gasteiger partial charge in [0.25, 0.3) is 0 Å². The van der Waals surface area contributed by atoms with Crippen LogP contribution in [-0.4, -0.2) is 14.4 Å². The molecule has 0 saturated heterocycles. The van der Waals surface area contributed by atoms with E-state index < -0.39 is 11.6 Å². The van der Waals surface area contributed by atoms with Crippen LogP contribution in [0.1, 0.15) is 27.2 Å². The first-order chi connectivity index (χ1) is 7.74. The molecule has 0 saturated carbocycles. The molecule has 0 aliphatic carbocycles. The lowest BCUT2D eigenvalue weighted by Gasteiger charge is -1.99. The summed E-state index contributed by atoms with van der Waals surface area (Å²) in [7, 11) is 0. The highest BCUT2D eigenvalue weighted by molar-refractivity contribution is 7.51. The molecule has 1 rings (SSSR count). The van der Waals surface area contributed by atoms with E-state index in [1.165, 1.54) is 0 Å². The number of carbonyl (C=O) groups is 1. The normalized spacial score (nSPS) is 7.44. The first kappa shape index (κ1) is 16.9. The largest absolute Gasteiger partial charge is 0.427 e. The van der Waals surface area contributed by atoms with Gasteiger partial charge in [0.15, 0.2) is 0 Å². The maximum absolute atomic E-state index is 10.8. The smallest absolute Gasteiger partial charge is 0.335 e. The van der Waals surface area contributed by atoms with Crippen molar-refractivity contribution in [3.63, 3.8) is 0 Å². The van der Waals surface area contributed by atoms with E-state index in [1.54, 1.807) is 19.1 Å². The van der Waals surface area contributed by atoms with Gasteiger partial charge in [-0.3, -0.25) is 4.79 Å². The van der Waals surface area contributed by atoms with Crippen LogP contribution in [0.5, 0.6) is 5.75 Å². The highest BCUT2D eigenvalue weighted by Crippen LogP contribution is 2.08. The third-order valence-corrected chi connectivity index (χ3v) is 1.26. The number of hydrogen-bond acceptors (Lipinski definition) is 4. The van der Waals surface area contributed by atoms with Gasteiger partial charge in [-0.15, -0.1) is 0 Å². The van der Waals surface area contributed by atoms with Gasteiger partial charge < -0.3 is 4.74 Å². The number of benzene rings is 1. The summed E-state index contributed by atoms with van der Waals surface area (Å²) in [4.78, 5) is 10.8. The third kappa shape index (κ3) is 10.6. The first-order valence-electron chi connectivity index (χ1n) is 4.92. The Bertz CT molecular complexity index is 305. The van der Waals surface area contributed by atoms with E-state index in [2.05, 4.69) is 0 Å². The van der Waals surface area contributed by atoms with E-state index in [-0.39, 0.29) is 5.97 Å². The van der Waals surface area contributed by atoms with Gasteiger partial charge in [-0.25, -0.2) is 0 Å². The summed E-state index contributed by atoms with van der Waals surface area (Å²) in [5.74, 6) is 0.413. The Morgan fingerprint density at radius 3 is 2.00 bits per heavy atom. The quantitative estimate of drug-likeness (QED) is 0.592. The van der Waals surface area contributed by atoms with Crippen molar-refractivity contribution in [2.75, 3.05) is 0 Å². The Morgan fingerprint density at radius 1 is 1.19 bits per heavy atom. The molecular formula is C11H16O4S. The number of hydrogen-bond donors (Lipinski definition) is 0. The van der Waals surface area contributed by atoms with Crippen LogP contribution >= 0.6 is 0 Å². The predicted octanol–water partition coefficient (Wildman–Crippen LogP) is 2.36. The molecular weight excluding hydrogens is 228 g/mol. The molecule has 0 fully saturated rings. The van der Waals surface area contributed by atoms with E-state index >= 15 is 0 Å². The number of rotatable bonds is 2. The Kier molecular flexibility index (Phi) is 14.3. The monoisotopic (exact) mass is 244 g/mol. The van der Waals surface area contributed by atoms with E-state index in [4.69, 9.17) is 13.2 Å². The topological polar surface area (TPSA) is 60.4 Å². The van der Waals surface area contributed by atoms with Crippen molar-refractivity contribution in [2.45, 2.75) is 27.2 Å². The third-order valence-electron chi connectivity index (χ3n) is 1.26. The molecule has 0 aromatic heterocycles. The van der Waals surface area contributed by atoms with Gasteiger partial charge in [0.2, 0.25) is 0 Å². The minimum absolute atomic E-state index is 0.198. The SMILES string of the molecule is CC.CCC(=O)Oc1ccccc1.O=S=O. The van der Waals surface area contributed by atoms with Crippen molar-refractivity contribution in [1.82, 2.24) is 0 Å². The minimum atomic E-state index is -0.750. The molecule has 0 radical (unpaired) electrons. The fraction of sp³-hybridized carbons (Fsp3) is 0.364. The molecule has 16 heavy (non-hydrogen) atoms. The Labute approximate surface area is 99.2 Å². The summed E-state index contributed by atoms with van der Waals surface area (Å²) in [5.41, 5.74) is 0. The van der Waals surface area contributed by atoms with Crippen LogP contribution in [0.4, 0.5) is 0 Å². The van der Waals surface area contributed by atoms with Crippen LogP contribution in [-0.2, 0) is 16.4 Å². The first-order valence-corrected chi connectivity index (χ1v) is 5.58. The lowest BCUT2D eigenvalue weighted by molar-refractivity contribution is -0.134. The molecule has 0 atom stereocenters. The number of ether oxygens (including phenoxy) is 1. The molecule has 0 aliphatic heterocycles. The van der Waals surface area contributed by atoms with Crippen LogP contribution < -0.4 is 4.74 Å². The van der Waals surface area contributed by atoms with Gasteiger partial charge in [0.05, 0.1) is 0 Å². The van der Waals surface area contributed by atoms with E-state index in [9.17, 15) is 4.79 Å². The molecule has 90 valence electrons. The average Bonchev–Trinajstić information content (AvgIpc) is 2.34. The van der Waals surface area contributed by atoms with E-state index in [0.29, 0.717) is 12.2 Å². The standard InChI is InChI=1S/C9H10O2.C2H6.O2S/c1-2-9(10)11-8-6-4-3-5-7-8;1-2;1-3-2/h3-7H,2H2,1H3;1-2H3;. The molecule has 0 spiro atoms. The summed E-state index contributed by atoms with van der Waals surface area (Å²) in [6.45, 7) is 5.77. The molecule has 0 aliphatic rings. The summed E-state index contributed by atoms with van der Waals surface area (Å²) in [5, 5.41) is 0. The molecule has 4 nitrogen and oxygen atoms in total. The van der Waals surface area contributed by atoms with Gasteiger partial charge >= 0.3 is 17.5 Å². The van der Waals surface area contributed by atoms with Gasteiger partial charge in [-0.05, 0) is 12.1 Å². The van der Waals surface area contributed by atoms with Crippen molar-refractivity contribution in [2.24, 2.45) is 0 Å². The number of carbonyl (C=O) groups excluding carboxylic acids is 1. The summed E-state index contributed by atoms with van der Waals surface area (Å²) in [6.07, 6.45) is 0.412. The van der Waals surface area contributed by atoms with Gasteiger partial charge in [0.1, 0.15) is 5.75 Å². The second kappa shape index (κ2) is 13.5. The van der Waals surface area contributed by atoms with Crippen LogP contribution in [0.25, 0.3) is 0 Å². The molecule has 1 aromatic carbocycles. The van der Waals surface area contributed by atoms with E-state index in [1.807, 2.05) is 32.0 Å². The molecule has 0 amide bonds. The highest BCUT2D eigenvalue weighted by Gasteiger charge is 1.98. The zero-order valence-corrected chi connectivity index (χ0v) is 10.5. The summed E-state index contributed by atoms with van der Waals surface area (Å²) >= 11 is -0.750. The van der Waals surface area contributed by atoms with Crippen LogP contribution in [0.3, 0.4) is 0 Å². The average molecular weight is 244 g/mol. The van der Waals surface area contributed by atoms with Crippen molar-refractivity contribution in [3.05, 3.63) is 30.3 Å². The maximum Gasteiger partial charge on any atom is 0.335 e. The molecule has 0 bridgehead atoms. The second-order valence-corrected chi connectivity index (χ2v) is 2.34. The maximum atomic E-state index is 10.8. The Morgan fingerprint density at radius 2 is 1.62 bits per heavy atom. The fourth-order valence-corrected chi connectivity index (χ4v) is 0.692. The summed E-state index contributed by atoms with van der Waals surface area (Å²) in [6, 6.07) is 9.06. The van der Waals surface area contributed by atoms with Crippen molar-refractivity contribution in [3.8, 4) is 5.75 Å². The number of esters is 1. The van der Waals surface area contributed by atoms with E-state index in [0.717, 1.165) is 0 Å². The molecule has 0 unspecified atom stereocenters. The zero-order valence-electron chi connectivity index (χ0n) is 9.64. The minimum Gasteiger partial charge on any atom is -0.427 e. The summed E-state index contributed by atoms with van der Waals surface area (Å²) < 4.78 is 21.5. The van der Waals surface area contributed by atoms with Crippen LogP contribution in [0, 0.1) is 0 Å². The van der Waals surface area contributed by atoms with Gasteiger partial charge in [-0.1, -0.05) is 39.0 Å². The fourth-order valence-electron chi connectivity index (χ4n) is 0.692.